The summed E-state index contributed by atoms with van der Waals surface area (Å²) in [6, 6.07) is 3.50. The van der Waals surface area contributed by atoms with Crippen LogP contribution in [0, 0.1) is 0 Å². The Labute approximate surface area is 274 Å². The number of methoxy groups -OCH3 is 8. The van der Waals surface area contributed by atoms with Gasteiger partial charge in [0.15, 0.2) is 73.2 Å². The number of rotatable bonds is 27. The molecule has 2 aromatic carbocycles. The second-order valence-electron chi connectivity index (χ2n) is 10.4. The maximum Gasteiger partial charge on any atom is 0.188 e. The van der Waals surface area contributed by atoms with E-state index in [2.05, 4.69) is 0 Å². The van der Waals surface area contributed by atoms with Crippen LogP contribution >= 0.6 is 0 Å². The molecule has 0 saturated heterocycles. The summed E-state index contributed by atoms with van der Waals surface area (Å²) in [6.07, 6.45) is 10.1. The first-order valence-electron chi connectivity index (χ1n) is 15.6. The Balaban J connectivity index is 1.92. The summed E-state index contributed by atoms with van der Waals surface area (Å²) in [6.45, 7) is 0.382. The molecule has 0 heterocycles. The Bertz CT molecular complexity index is 1040. The smallest absolute Gasteiger partial charge is 0.188 e. The molecule has 0 fully saturated rings. The van der Waals surface area contributed by atoms with Crippen LogP contribution in [0.2, 0.25) is 0 Å². The van der Waals surface area contributed by atoms with Crippen LogP contribution in [0.5, 0.6) is 46.0 Å². The largest absolute Gasteiger partial charge is 0.493 e. The van der Waals surface area contributed by atoms with Gasteiger partial charge in [0.25, 0.3) is 0 Å². The lowest BCUT2D eigenvalue weighted by atomic mass is 10.0. The Morgan fingerprint density at radius 2 is 0.674 bits per heavy atom. The molecule has 0 saturated carbocycles. The quantitative estimate of drug-likeness (QED) is 0.0769. The summed E-state index contributed by atoms with van der Waals surface area (Å²) < 4.78 is 66.5. The molecular formula is C34H54O12. The summed E-state index contributed by atoms with van der Waals surface area (Å²) in [5, 5.41) is 0. The van der Waals surface area contributed by atoms with Crippen molar-refractivity contribution >= 4 is 0 Å². The second-order valence-corrected chi connectivity index (χ2v) is 10.4. The minimum absolute atomic E-state index is 0.0942. The summed E-state index contributed by atoms with van der Waals surface area (Å²) in [7, 11) is 12.8. The molecule has 0 amide bonds. The SMILES string of the molecule is COCOc1cc(OC)c(OCOC)c(CCCCCCCCCCc2c(OC)c(OCOC)cc(OC)c2OCOC)c1OC. The average molecular weight is 655 g/mol. The molecule has 0 N–H and O–H groups in total. The molecule has 262 valence electrons. The Hall–Kier alpha value is -3.32. The fourth-order valence-corrected chi connectivity index (χ4v) is 5.18. The zero-order chi connectivity index (χ0) is 33.6. The van der Waals surface area contributed by atoms with Crippen LogP contribution in [0.1, 0.15) is 62.5 Å². The van der Waals surface area contributed by atoms with Gasteiger partial charge in [-0.3, -0.25) is 0 Å². The maximum atomic E-state index is 5.90. The van der Waals surface area contributed by atoms with E-state index in [1.165, 1.54) is 0 Å². The number of hydrogen-bond acceptors (Lipinski definition) is 12. The lowest BCUT2D eigenvalue weighted by molar-refractivity contribution is 0.0444. The van der Waals surface area contributed by atoms with E-state index < -0.39 is 0 Å². The molecule has 0 bridgehead atoms. The first-order chi connectivity index (χ1) is 22.5. The topological polar surface area (TPSA) is 111 Å². The van der Waals surface area contributed by atoms with Gasteiger partial charge >= 0.3 is 0 Å². The minimum atomic E-state index is 0.0942. The van der Waals surface area contributed by atoms with Gasteiger partial charge in [-0.1, -0.05) is 38.5 Å². The fourth-order valence-electron chi connectivity index (χ4n) is 5.18. The predicted octanol–water partition coefficient (Wildman–Crippen LogP) is 6.56. The molecule has 0 aliphatic heterocycles. The van der Waals surface area contributed by atoms with Crippen LogP contribution in [0.15, 0.2) is 12.1 Å². The van der Waals surface area contributed by atoms with Crippen LogP contribution in [-0.2, 0) is 31.8 Å². The summed E-state index contributed by atoms with van der Waals surface area (Å²) in [5.74, 6) is 4.64. The van der Waals surface area contributed by atoms with E-state index in [9.17, 15) is 0 Å². The van der Waals surface area contributed by atoms with Crippen LogP contribution in [0.3, 0.4) is 0 Å². The fraction of sp³-hybridized carbons (Fsp3) is 0.647. The normalized spacial score (nSPS) is 10.9. The van der Waals surface area contributed by atoms with Gasteiger partial charge in [-0.25, -0.2) is 0 Å². The molecule has 0 unspecified atom stereocenters. The van der Waals surface area contributed by atoms with Gasteiger partial charge in [0.1, 0.15) is 0 Å². The van der Waals surface area contributed by atoms with Crippen molar-refractivity contribution in [2.75, 3.05) is 84.1 Å². The predicted molar refractivity (Wildman–Crippen MR) is 173 cm³/mol. The van der Waals surface area contributed by atoms with Crippen molar-refractivity contribution < 1.29 is 56.8 Å². The van der Waals surface area contributed by atoms with Crippen molar-refractivity contribution in [3.8, 4) is 46.0 Å². The van der Waals surface area contributed by atoms with Gasteiger partial charge in [-0.15, -0.1) is 0 Å². The van der Waals surface area contributed by atoms with Crippen molar-refractivity contribution in [2.24, 2.45) is 0 Å². The highest BCUT2D eigenvalue weighted by Gasteiger charge is 2.23. The van der Waals surface area contributed by atoms with Gasteiger partial charge in [0, 0.05) is 51.7 Å². The summed E-state index contributed by atoms with van der Waals surface area (Å²) >= 11 is 0. The lowest BCUT2D eigenvalue weighted by Gasteiger charge is -2.20. The van der Waals surface area contributed by atoms with Gasteiger partial charge in [-0.05, 0) is 25.7 Å². The van der Waals surface area contributed by atoms with Crippen LogP contribution in [-0.4, -0.2) is 84.1 Å². The number of unbranched alkanes of at least 4 members (excludes halogenated alkanes) is 7. The molecule has 2 aromatic rings. The van der Waals surface area contributed by atoms with E-state index in [0.717, 1.165) is 75.3 Å². The van der Waals surface area contributed by atoms with Crippen molar-refractivity contribution in [3.05, 3.63) is 23.3 Å². The third kappa shape index (κ3) is 11.8. The molecule has 12 heteroatoms. The highest BCUT2D eigenvalue weighted by Crippen LogP contribution is 2.46. The molecular weight excluding hydrogens is 600 g/mol. The van der Waals surface area contributed by atoms with Gasteiger partial charge in [-0.2, -0.15) is 0 Å². The standard InChI is InChI=1S/C34H54O12/c1-35-21-43-29-19-27(39-5)33(45-23-37-3)25(31(29)41-7)17-15-13-11-9-10-12-14-16-18-26-32(42-8)30(44-22-36-2)20-28(40-6)34(26)46-24-38-4/h19-20H,9-18,21-24H2,1-8H3. The molecule has 12 nitrogen and oxygen atoms in total. The number of benzene rings is 2. The first kappa shape index (κ1) is 38.9. The van der Waals surface area contributed by atoms with Gasteiger partial charge < -0.3 is 56.8 Å². The lowest BCUT2D eigenvalue weighted by Crippen LogP contribution is -2.08. The summed E-state index contributed by atoms with van der Waals surface area (Å²) in [4.78, 5) is 0. The Morgan fingerprint density at radius 1 is 0.348 bits per heavy atom. The van der Waals surface area contributed by atoms with E-state index in [-0.39, 0.29) is 27.2 Å². The van der Waals surface area contributed by atoms with E-state index in [1.807, 2.05) is 0 Å². The Kier molecular flexibility index (Phi) is 19.5. The van der Waals surface area contributed by atoms with E-state index >= 15 is 0 Å². The molecule has 0 spiro atoms. The molecule has 2 rings (SSSR count). The van der Waals surface area contributed by atoms with Crippen molar-refractivity contribution in [1.29, 1.82) is 0 Å². The van der Waals surface area contributed by atoms with Gasteiger partial charge in [0.05, 0.1) is 28.4 Å². The van der Waals surface area contributed by atoms with Crippen LogP contribution in [0.4, 0.5) is 0 Å². The third-order valence-corrected chi connectivity index (χ3v) is 7.27. The zero-order valence-corrected chi connectivity index (χ0v) is 29.0. The zero-order valence-electron chi connectivity index (χ0n) is 29.0. The average Bonchev–Trinajstić information content (AvgIpc) is 3.08. The first-order valence-corrected chi connectivity index (χ1v) is 15.6. The van der Waals surface area contributed by atoms with Gasteiger partial charge in [0.2, 0.25) is 0 Å². The molecule has 0 aliphatic carbocycles. The highest BCUT2D eigenvalue weighted by molar-refractivity contribution is 5.62. The molecule has 0 aliphatic rings. The summed E-state index contributed by atoms with van der Waals surface area (Å²) in [5.41, 5.74) is 1.78. The minimum Gasteiger partial charge on any atom is -0.493 e. The number of ether oxygens (including phenoxy) is 12. The monoisotopic (exact) mass is 654 g/mol. The van der Waals surface area contributed by atoms with Crippen molar-refractivity contribution in [3.63, 3.8) is 0 Å². The number of hydrogen-bond donors (Lipinski definition) is 0. The molecule has 0 radical (unpaired) electrons. The maximum absolute atomic E-state index is 5.90. The Morgan fingerprint density at radius 3 is 0.978 bits per heavy atom. The molecule has 46 heavy (non-hydrogen) atoms. The second kappa shape index (κ2) is 23.1. The van der Waals surface area contributed by atoms with Crippen molar-refractivity contribution in [2.45, 2.75) is 64.2 Å². The molecule has 0 aromatic heterocycles. The van der Waals surface area contributed by atoms with E-state index in [0.29, 0.717) is 46.0 Å². The third-order valence-electron chi connectivity index (χ3n) is 7.27. The van der Waals surface area contributed by atoms with Crippen LogP contribution < -0.4 is 37.9 Å². The van der Waals surface area contributed by atoms with E-state index in [1.54, 1.807) is 69.0 Å². The van der Waals surface area contributed by atoms with Crippen molar-refractivity contribution in [1.82, 2.24) is 0 Å². The highest BCUT2D eigenvalue weighted by atomic mass is 16.7. The van der Waals surface area contributed by atoms with E-state index in [4.69, 9.17) is 56.8 Å². The van der Waals surface area contributed by atoms with Crippen LogP contribution in [0.25, 0.3) is 0 Å². The molecule has 0 atom stereocenters.